The minimum atomic E-state index is -1.75. The van der Waals surface area contributed by atoms with Crippen LogP contribution in [0.2, 0.25) is 0 Å². The summed E-state index contributed by atoms with van der Waals surface area (Å²) < 4.78 is 0. The molecular formula is C40H57N9O16. The molecule has 9 atom stereocenters. The Kier molecular flexibility index (Phi) is 18.5. The smallest absolute Gasteiger partial charge is 0.326 e. The maximum absolute atomic E-state index is 13.8. The van der Waals surface area contributed by atoms with Gasteiger partial charge in [0, 0.05) is 26.1 Å². The number of hydrogen-bond donors (Lipinski definition) is 12. The predicted octanol–water partition coefficient (Wildman–Crippen LogP) is -5.78. The topological polar surface area (TPSA) is 388 Å². The van der Waals surface area contributed by atoms with Crippen LogP contribution in [-0.2, 0) is 54.4 Å². The van der Waals surface area contributed by atoms with Crippen molar-refractivity contribution < 1.29 is 78.6 Å². The SMILES string of the molecule is C[C@@H](O)[C@H](N)C(=O)N[C@@H](Cc1ccc(O)cc1)C(=O)NCC(=O)N[C@@H](CO)C(=O)N1CCC[C@H]1C(=O)N[C@@H](CO)C(=O)N1CCC[C@H]1C(=O)N1CCC[C@H]1C(=O)N[C@@H](CC(=O)O)C(=O)O. The number of benzene rings is 1. The largest absolute Gasteiger partial charge is 0.508 e. The minimum Gasteiger partial charge on any atom is -0.508 e. The molecule has 4 rings (SSSR count). The summed E-state index contributed by atoms with van der Waals surface area (Å²) in [6.45, 7) is -1.16. The molecule has 0 radical (unpaired) electrons. The van der Waals surface area contributed by atoms with Gasteiger partial charge in [0.25, 0.3) is 0 Å². The molecule has 65 heavy (non-hydrogen) atoms. The summed E-state index contributed by atoms with van der Waals surface area (Å²) in [6, 6.07) is -5.40. The van der Waals surface area contributed by atoms with Crippen molar-refractivity contribution in [1.29, 1.82) is 0 Å². The van der Waals surface area contributed by atoms with E-state index in [4.69, 9.17) is 10.8 Å². The quantitative estimate of drug-likeness (QED) is 0.0546. The first kappa shape index (κ1) is 51.2. The summed E-state index contributed by atoms with van der Waals surface area (Å²) in [4.78, 5) is 133. The molecular weight excluding hydrogens is 862 g/mol. The second-order valence-electron chi connectivity index (χ2n) is 16.0. The second-order valence-corrected chi connectivity index (χ2v) is 16.0. The van der Waals surface area contributed by atoms with Crippen LogP contribution in [0.3, 0.4) is 0 Å². The van der Waals surface area contributed by atoms with Crippen molar-refractivity contribution >= 4 is 59.2 Å². The van der Waals surface area contributed by atoms with Crippen LogP contribution in [0.1, 0.15) is 57.4 Å². The average Bonchev–Trinajstić information content (AvgIpc) is 4.08. The third-order valence-electron chi connectivity index (χ3n) is 11.4. The third kappa shape index (κ3) is 13.5. The Morgan fingerprint density at radius 2 is 1.17 bits per heavy atom. The van der Waals surface area contributed by atoms with E-state index >= 15 is 0 Å². The van der Waals surface area contributed by atoms with E-state index in [-0.39, 0.29) is 51.1 Å². The number of rotatable bonds is 21. The molecule has 3 aliphatic heterocycles. The van der Waals surface area contributed by atoms with Gasteiger partial charge in [0.05, 0.1) is 32.3 Å². The van der Waals surface area contributed by atoms with Crippen LogP contribution in [0, 0.1) is 0 Å². The average molecular weight is 920 g/mol. The number of aliphatic carboxylic acids is 2. The lowest BCUT2D eigenvalue weighted by Crippen LogP contribution is -2.60. The number of carboxylic acids is 2. The van der Waals surface area contributed by atoms with Crippen molar-refractivity contribution in [3.8, 4) is 5.75 Å². The summed E-state index contributed by atoms with van der Waals surface area (Å²) in [7, 11) is 0. The van der Waals surface area contributed by atoms with Crippen molar-refractivity contribution in [2.24, 2.45) is 5.73 Å². The Hall–Kier alpha value is -6.44. The number of aliphatic hydroxyl groups is 3. The number of phenols is 1. The lowest BCUT2D eigenvalue weighted by molar-refractivity contribution is -0.150. The van der Waals surface area contributed by atoms with Gasteiger partial charge in [-0.1, -0.05) is 12.1 Å². The number of aliphatic hydroxyl groups excluding tert-OH is 3. The zero-order valence-corrected chi connectivity index (χ0v) is 35.6. The second kappa shape index (κ2) is 23.5. The first-order valence-corrected chi connectivity index (χ1v) is 21.0. The van der Waals surface area contributed by atoms with Crippen molar-refractivity contribution in [2.45, 2.75) is 113 Å². The first-order chi connectivity index (χ1) is 30.8. The van der Waals surface area contributed by atoms with E-state index in [2.05, 4.69) is 26.6 Å². The van der Waals surface area contributed by atoms with E-state index in [1.807, 2.05) is 0 Å². The fourth-order valence-corrected chi connectivity index (χ4v) is 7.87. The number of likely N-dealkylation sites (tertiary alicyclic amines) is 3. The summed E-state index contributed by atoms with van der Waals surface area (Å²) in [5.41, 5.74) is 6.22. The van der Waals surface area contributed by atoms with Crippen LogP contribution in [0.5, 0.6) is 5.75 Å². The standard InChI is InChI=1S/C40H57N9O16/c1-20(52)32(41)36(60)44-23(15-21-8-10-22(53)11-9-21)33(57)42-17-30(54)43-25(18-50)37(61)47-12-2-5-27(47)35(59)46-26(19-51)38(62)49-14-4-7-29(49)39(63)48-13-3-6-28(48)34(58)45-24(40(64)65)16-31(55)56/h8-11,20,23-29,32,50-53H,2-7,12-19,41H2,1H3,(H,42,57)(H,43,54)(H,44,60)(H,45,58)(H,46,59)(H,55,56)(H,64,65)/t20-,23+,24+,25+,26+,27+,28+,29+,32+/m1/s1. The van der Waals surface area contributed by atoms with Gasteiger partial charge >= 0.3 is 11.9 Å². The third-order valence-corrected chi connectivity index (χ3v) is 11.4. The molecule has 0 aliphatic carbocycles. The Morgan fingerprint density at radius 1 is 0.677 bits per heavy atom. The number of nitrogens with two attached hydrogens (primary N) is 1. The minimum absolute atomic E-state index is 0.00178. The highest BCUT2D eigenvalue weighted by molar-refractivity contribution is 5.98. The number of carbonyl (C=O) groups is 10. The molecule has 3 heterocycles. The Morgan fingerprint density at radius 3 is 1.69 bits per heavy atom. The molecule has 3 fully saturated rings. The van der Waals surface area contributed by atoms with Gasteiger partial charge < -0.3 is 77.7 Å². The summed E-state index contributed by atoms with van der Waals surface area (Å²) in [5, 5.41) is 69.8. The number of aromatic hydroxyl groups is 1. The van der Waals surface area contributed by atoms with E-state index < -0.39 is 140 Å². The highest BCUT2D eigenvalue weighted by atomic mass is 16.4. The van der Waals surface area contributed by atoms with E-state index in [9.17, 15) is 73.5 Å². The molecule has 358 valence electrons. The zero-order valence-electron chi connectivity index (χ0n) is 35.6. The molecule has 0 spiro atoms. The number of carboxylic acid groups (broad SMARTS) is 2. The van der Waals surface area contributed by atoms with Gasteiger partial charge in [-0.3, -0.25) is 43.2 Å². The highest BCUT2D eigenvalue weighted by Crippen LogP contribution is 2.26. The molecule has 0 aromatic heterocycles. The van der Waals surface area contributed by atoms with E-state index in [1.165, 1.54) is 36.1 Å². The fraction of sp³-hybridized carbons (Fsp3) is 0.600. The normalized spacial score (nSPS) is 20.9. The van der Waals surface area contributed by atoms with Gasteiger partial charge in [0.2, 0.25) is 47.3 Å². The lowest BCUT2D eigenvalue weighted by Gasteiger charge is -2.33. The van der Waals surface area contributed by atoms with E-state index in [1.54, 1.807) is 0 Å². The zero-order chi connectivity index (χ0) is 48.1. The van der Waals surface area contributed by atoms with Crippen molar-refractivity contribution in [3.05, 3.63) is 29.8 Å². The van der Waals surface area contributed by atoms with Crippen LogP contribution in [0.15, 0.2) is 24.3 Å². The Bertz CT molecular complexity index is 1950. The molecule has 0 saturated carbocycles. The maximum atomic E-state index is 13.8. The fourth-order valence-electron chi connectivity index (χ4n) is 7.87. The van der Waals surface area contributed by atoms with Gasteiger partial charge in [0.15, 0.2) is 0 Å². The van der Waals surface area contributed by atoms with Crippen LogP contribution >= 0.6 is 0 Å². The van der Waals surface area contributed by atoms with Gasteiger partial charge in [0.1, 0.15) is 54.1 Å². The predicted molar refractivity (Wildman–Crippen MR) is 220 cm³/mol. The van der Waals surface area contributed by atoms with Gasteiger partial charge in [-0.2, -0.15) is 0 Å². The first-order valence-electron chi connectivity index (χ1n) is 21.0. The van der Waals surface area contributed by atoms with Crippen molar-refractivity contribution in [3.63, 3.8) is 0 Å². The summed E-state index contributed by atoms with van der Waals surface area (Å²) >= 11 is 0. The summed E-state index contributed by atoms with van der Waals surface area (Å²) in [6.07, 6.45) is -0.863. The molecule has 8 amide bonds. The van der Waals surface area contributed by atoms with Crippen LogP contribution in [0.25, 0.3) is 0 Å². The molecule has 0 unspecified atom stereocenters. The van der Waals surface area contributed by atoms with Crippen LogP contribution < -0.4 is 32.3 Å². The van der Waals surface area contributed by atoms with Gasteiger partial charge in [-0.25, -0.2) is 4.79 Å². The molecule has 13 N–H and O–H groups in total. The molecule has 1 aromatic rings. The van der Waals surface area contributed by atoms with Crippen molar-refractivity contribution in [1.82, 2.24) is 41.3 Å². The number of nitrogens with one attached hydrogen (secondary N) is 5. The number of hydrogen-bond acceptors (Lipinski definition) is 15. The van der Waals surface area contributed by atoms with Crippen LogP contribution in [-0.4, -0.2) is 198 Å². The van der Waals surface area contributed by atoms with Crippen molar-refractivity contribution in [2.75, 3.05) is 39.4 Å². The maximum Gasteiger partial charge on any atom is 0.326 e. The molecule has 1 aromatic carbocycles. The molecule has 3 saturated heterocycles. The molecule has 0 bridgehead atoms. The Labute approximate surface area is 372 Å². The molecule has 25 heteroatoms. The van der Waals surface area contributed by atoms with Crippen LogP contribution in [0.4, 0.5) is 0 Å². The summed E-state index contributed by atoms with van der Waals surface area (Å²) in [5.74, 6) is -9.83. The van der Waals surface area contributed by atoms with Gasteiger partial charge in [-0.05, 0) is 63.1 Å². The van der Waals surface area contributed by atoms with E-state index in [0.717, 1.165) is 9.80 Å². The number of amides is 8. The molecule has 25 nitrogen and oxygen atoms in total. The van der Waals surface area contributed by atoms with E-state index in [0.29, 0.717) is 24.8 Å². The number of phenolic OH excluding ortho intramolecular Hbond substituents is 1. The van der Waals surface area contributed by atoms with Gasteiger partial charge in [-0.15, -0.1) is 0 Å². The monoisotopic (exact) mass is 919 g/mol. The molecule has 3 aliphatic rings. The highest BCUT2D eigenvalue weighted by Gasteiger charge is 2.45. The number of nitrogens with zero attached hydrogens (tertiary/aromatic N) is 3. The lowest BCUT2D eigenvalue weighted by atomic mass is 10.0. The Balaban J connectivity index is 1.35. The number of carbonyl (C=O) groups excluding carboxylic acids is 8.